The van der Waals surface area contributed by atoms with Crippen LogP contribution in [0.25, 0.3) is 16.8 Å². The van der Waals surface area contributed by atoms with Crippen molar-refractivity contribution >= 4 is 28.7 Å². The smallest absolute Gasteiger partial charge is 0.382 e. The normalized spacial score (nSPS) is 18.9. The number of nitrogen functional groups attached to an aromatic ring is 1. The van der Waals surface area contributed by atoms with E-state index in [-0.39, 0.29) is 30.1 Å². The number of aliphatic imine (C=N–C) groups is 1. The molecule has 1 atom stereocenters. The molecule has 2 aliphatic rings. The van der Waals surface area contributed by atoms with Crippen LogP contribution < -0.4 is 11.1 Å². The molecular weight excluding hydrogens is 526 g/mol. The molecular formula is C25H28F6N8. The maximum Gasteiger partial charge on any atom is 0.401 e. The minimum Gasteiger partial charge on any atom is -0.382 e. The number of anilines is 2. The van der Waals surface area contributed by atoms with Crippen molar-refractivity contribution in [2.75, 3.05) is 30.7 Å². The fourth-order valence-electron chi connectivity index (χ4n) is 5.28. The zero-order chi connectivity index (χ0) is 27.9. The lowest BCUT2D eigenvalue weighted by molar-refractivity contribution is -0.147. The lowest BCUT2D eigenvalue weighted by Crippen LogP contribution is -2.43. The summed E-state index contributed by atoms with van der Waals surface area (Å²) >= 11 is 0. The van der Waals surface area contributed by atoms with Crippen molar-refractivity contribution in [3.63, 3.8) is 0 Å². The minimum absolute atomic E-state index is 0.0144. The van der Waals surface area contributed by atoms with Crippen LogP contribution in [0.5, 0.6) is 0 Å². The summed E-state index contributed by atoms with van der Waals surface area (Å²) in [6, 6.07) is 5.28. The zero-order valence-electron chi connectivity index (χ0n) is 21.1. The summed E-state index contributed by atoms with van der Waals surface area (Å²) in [5.74, 6) is 0.175. The highest BCUT2D eigenvalue weighted by molar-refractivity contribution is 5.96. The van der Waals surface area contributed by atoms with E-state index < -0.39 is 25.3 Å². The quantitative estimate of drug-likeness (QED) is 0.362. The number of hydrogen-bond acceptors (Lipinski definition) is 7. The third kappa shape index (κ3) is 6.26. The highest BCUT2D eigenvalue weighted by atomic mass is 19.4. The van der Waals surface area contributed by atoms with E-state index in [0.717, 1.165) is 5.71 Å². The first-order chi connectivity index (χ1) is 18.4. The Morgan fingerprint density at radius 3 is 2.46 bits per heavy atom. The van der Waals surface area contributed by atoms with Crippen molar-refractivity contribution in [2.24, 2.45) is 4.99 Å². The third-order valence-corrected chi connectivity index (χ3v) is 7.12. The molecule has 2 aliphatic heterocycles. The molecule has 3 aromatic rings. The molecule has 210 valence electrons. The van der Waals surface area contributed by atoms with Crippen LogP contribution in [-0.2, 0) is 0 Å². The second kappa shape index (κ2) is 10.3. The molecule has 39 heavy (non-hydrogen) atoms. The maximum absolute atomic E-state index is 12.7. The average Bonchev–Trinajstić information content (AvgIpc) is 3.39. The Balaban J connectivity index is 1.31. The van der Waals surface area contributed by atoms with Gasteiger partial charge in [-0.25, -0.2) is 9.50 Å². The highest BCUT2D eigenvalue weighted by Crippen LogP contribution is 2.40. The van der Waals surface area contributed by atoms with Gasteiger partial charge in [0.25, 0.3) is 0 Å². The largest absolute Gasteiger partial charge is 0.401 e. The van der Waals surface area contributed by atoms with Crippen LogP contribution in [0, 0.1) is 0 Å². The molecule has 0 radical (unpaired) electrons. The Labute approximate surface area is 220 Å². The number of pyridine rings is 1. The van der Waals surface area contributed by atoms with E-state index in [4.69, 9.17) is 10.7 Å². The van der Waals surface area contributed by atoms with Gasteiger partial charge in [0.1, 0.15) is 5.52 Å². The molecule has 5 rings (SSSR count). The molecule has 0 amide bonds. The van der Waals surface area contributed by atoms with Crippen LogP contribution in [0.4, 0.5) is 43.8 Å². The summed E-state index contributed by atoms with van der Waals surface area (Å²) in [6.45, 7) is 1.51. The molecule has 0 aromatic carbocycles. The van der Waals surface area contributed by atoms with E-state index in [1.54, 1.807) is 35.8 Å². The van der Waals surface area contributed by atoms with E-state index in [9.17, 15) is 26.3 Å². The van der Waals surface area contributed by atoms with Crippen LogP contribution in [0.1, 0.15) is 50.6 Å². The van der Waals surface area contributed by atoms with Gasteiger partial charge in [-0.05, 0) is 50.8 Å². The monoisotopic (exact) mass is 554 g/mol. The van der Waals surface area contributed by atoms with Gasteiger partial charge in [0.2, 0.25) is 5.95 Å². The molecule has 0 saturated carbocycles. The Morgan fingerprint density at radius 2 is 1.77 bits per heavy atom. The van der Waals surface area contributed by atoms with Gasteiger partial charge in [0.15, 0.2) is 5.82 Å². The van der Waals surface area contributed by atoms with Crippen LogP contribution in [-0.4, -0.2) is 68.2 Å². The lowest BCUT2D eigenvalue weighted by Gasteiger charge is -2.32. The van der Waals surface area contributed by atoms with E-state index >= 15 is 0 Å². The Bertz CT molecular complexity index is 1370. The van der Waals surface area contributed by atoms with E-state index in [2.05, 4.69) is 20.4 Å². The summed E-state index contributed by atoms with van der Waals surface area (Å²) in [7, 11) is 0. The van der Waals surface area contributed by atoms with E-state index in [1.165, 1.54) is 4.90 Å². The standard InChI is InChI=1S/C25H28F6N8/c1-14-16(3-2-9-24(26,27)28)20-19(33-14)5-4-18(35-20)17-8-12-39-21(17)22(32)36-23(37-39)34-15-6-10-38(11-7-15)13-25(29,30)31/h4-5,8,12,15-16H,2-3,6-7,9-11,13H2,1H3,(H3,32,34,36,37). The summed E-state index contributed by atoms with van der Waals surface area (Å²) in [5.41, 5.74) is 10.1. The summed E-state index contributed by atoms with van der Waals surface area (Å²) in [5, 5.41) is 7.66. The molecule has 1 unspecified atom stereocenters. The predicted molar refractivity (Wildman–Crippen MR) is 135 cm³/mol. The van der Waals surface area contributed by atoms with Crippen molar-refractivity contribution in [1.82, 2.24) is 24.5 Å². The SMILES string of the molecule is CC1=Nc2ccc(-c3ccn4nc(NC5CCN(CC(F)(F)F)CC5)nc(N)c34)nc2C1CCCC(F)(F)F. The van der Waals surface area contributed by atoms with Gasteiger partial charge in [-0.1, -0.05) is 0 Å². The number of rotatable bonds is 7. The second-order valence-electron chi connectivity index (χ2n) is 10.1. The molecule has 1 saturated heterocycles. The first kappa shape index (κ1) is 27.2. The molecule has 14 heteroatoms. The van der Waals surface area contributed by atoms with Crippen LogP contribution in [0.3, 0.4) is 0 Å². The van der Waals surface area contributed by atoms with Gasteiger partial charge in [0, 0.05) is 48.9 Å². The topological polar surface area (TPSA) is 96.7 Å². The fourth-order valence-corrected chi connectivity index (χ4v) is 5.28. The van der Waals surface area contributed by atoms with Crippen molar-refractivity contribution in [2.45, 2.75) is 63.3 Å². The van der Waals surface area contributed by atoms with Crippen molar-refractivity contribution in [3.05, 3.63) is 30.1 Å². The summed E-state index contributed by atoms with van der Waals surface area (Å²) in [6.07, 6.45) is -6.27. The van der Waals surface area contributed by atoms with Gasteiger partial charge in [-0.15, -0.1) is 5.10 Å². The zero-order valence-corrected chi connectivity index (χ0v) is 21.1. The van der Waals surface area contributed by atoms with Gasteiger partial charge in [0.05, 0.1) is 23.6 Å². The van der Waals surface area contributed by atoms with Gasteiger partial charge >= 0.3 is 12.4 Å². The minimum atomic E-state index is -4.22. The number of likely N-dealkylation sites (tertiary alicyclic amines) is 1. The molecule has 8 nitrogen and oxygen atoms in total. The van der Waals surface area contributed by atoms with Crippen molar-refractivity contribution < 1.29 is 26.3 Å². The molecule has 1 fully saturated rings. The number of piperidine rings is 1. The molecule has 5 heterocycles. The number of halogens is 6. The van der Waals surface area contributed by atoms with Gasteiger partial charge < -0.3 is 11.1 Å². The molecule has 0 bridgehead atoms. The lowest BCUT2D eigenvalue weighted by atomic mass is 9.94. The van der Waals surface area contributed by atoms with Crippen LogP contribution in [0.2, 0.25) is 0 Å². The molecule has 3 N–H and O–H groups in total. The second-order valence-corrected chi connectivity index (χ2v) is 10.1. The van der Waals surface area contributed by atoms with Crippen molar-refractivity contribution in [3.8, 4) is 11.3 Å². The van der Waals surface area contributed by atoms with Crippen LogP contribution >= 0.6 is 0 Å². The van der Waals surface area contributed by atoms with Gasteiger partial charge in [-0.3, -0.25) is 9.89 Å². The molecule has 0 aliphatic carbocycles. The van der Waals surface area contributed by atoms with E-state index in [1.807, 2.05) is 0 Å². The number of aromatic nitrogens is 4. The van der Waals surface area contributed by atoms with Crippen LogP contribution in [0.15, 0.2) is 29.4 Å². The maximum atomic E-state index is 12.7. The Kier molecular flexibility index (Phi) is 7.16. The van der Waals surface area contributed by atoms with Gasteiger partial charge in [-0.2, -0.15) is 31.3 Å². The average molecular weight is 555 g/mol. The molecule has 0 spiro atoms. The first-order valence-electron chi connectivity index (χ1n) is 12.7. The number of nitrogens with zero attached hydrogens (tertiary/aromatic N) is 6. The highest BCUT2D eigenvalue weighted by Gasteiger charge is 2.33. The first-order valence-corrected chi connectivity index (χ1v) is 12.7. The Hall–Kier alpha value is -3.42. The Morgan fingerprint density at radius 1 is 1.03 bits per heavy atom. The number of nitrogens with one attached hydrogen (secondary N) is 1. The number of fused-ring (bicyclic) bond motifs is 2. The number of nitrogens with two attached hydrogens (primary N) is 1. The molecule has 3 aromatic heterocycles. The summed E-state index contributed by atoms with van der Waals surface area (Å²) in [4.78, 5) is 15.0. The fraction of sp³-hybridized carbons (Fsp3) is 0.520. The van der Waals surface area contributed by atoms with Crippen molar-refractivity contribution in [1.29, 1.82) is 0 Å². The number of alkyl halides is 6. The number of hydrogen-bond donors (Lipinski definition) is 2. The predicted octanol–water partition coefficient (Wildman–Crippen LogP) is 5.73. The van der Waals surface area contributed by atoms with E-state index in [0.29, 0.717) is 60.5 Å². The summed E-state index contributed by atoms with van der Waals surface area (Å²) < 4.78 is 77.5. The third-order valence-electron chi connectivity index (χ3n) is 7.12.